The molecule has 2 aliphatic carbocycles. The molecule has 0 aromatic heterocycles. The molecule has 0 spiro atoms. The number of ketones is 1. The zero-order valence-electron chi connectivity index (χ0n) is 7.69. The molecule has 0 radical (unpaired) electrons. The second-order valence-electron chi connectivity index (χ2n) is 4.23. The first-order chi connectivity index (χ1) is 6.22. The van der Waals surface area contributed by atoms with Crippen LogP contribution >= 0.6 is 12.2 Å². The highest BCUT2D eigenvalue weighted by atomic mass is 32.1. The Hall–Kier alpha value is -0.530. The minimum Gasteiger partial charge on any atom is -0.300 e. The Morgan fingerprint density at radius 2 is 2.15 bits per heavy atom. The highest BCUT2D eigenvalue weighted by Crippen LogP contribution is 2.49. The summed E-state index contributed by atoms with van der Waals surface area (Å²) in [5, 5.41) is 2.46. The van der Waals surface area contributed by atoms with Crippen LogP contribution in [0.15, 0.2) is 4.99 Å². The molecule has 2 fully saturated rings. The molecule has 0 aromatic carbocycles. The molecule has 3 heteroatoms. The number of thiocarbonyl (C=S) groups is 1. The predicted molar refractivity (Wildman–Crippen MR) is 53.8 cm³/mol. The third-order valence-corrected chi connectivity index (χ3v) is 3.67. The molecule has 2 bridgehead atoms. The van der Waals surface area contributed by atoms with Crippen LogP contribution in [-0.2, 0) is 4.79 Å². The van der Waals surface area contributed by atoms with Crippen molar-refractivity contribution >= 4 is 23.2 Å². The summed E-state index contributed by atoms with van der Waals surface area (Å²) in [6.07, 6.45) is 3.26. The van der Waals surface area contributed by atoms with Crippen molar-refractivity contribution in [3.8, 4) is 0 Å². The average molecular weight is 195 g/mol. The fourth-order valence-corrected chi connectivity index (χ4v) is 3.10. The second-order valence-corrected chi connectivity index (χ2v) is 4.41. The maximum atomic E-state index is 11.2. The molecule has 0 heterocycles. The zero-order chi connectivity index (χ0) is 9.42. The first kappa shape index (κ1) is 9.04. The highest BCUT2D eigenvalue weighted by molar-refractivity contribution is 7.78. The van der Waals surface area contributed by atoms with Gasteiger partial charge in [0.1, 0.15) is 5.78 Å². The van der Waals surface area contributed by atoms with E-state index in [2.05, 4.69) is 22.4 Å². The lowest BCUT2D eigenvalue weighted by atomic mass is 9.84. The minimum absolute atomic E-state index is 0.321. The molecule has 0 aliphatic heterocycles. The molecule has 2 aliphatic rings. The molecule has 0 amide bonds. The predicted octanol–water partition coefficient (Wildman–Crippen LogP) is 2.09. The number of carbonyl (C=O) groups excluding carboxylic acids is 1. The lowest BCUT2D eigenvalue weighted by molar-refractivity contribution is -0.122. The van der Waals surface area contributed by atoms with Gasteiger partial charge in [0.05, 0.1) is 11.2 Å². The number of hydrogen-bond donors (Lipinski definition) is 0. The number of rotatable bonds is 2. The van der Waals surface area contributed by atoms with Gasteiger partial charge in [0, 0.05) is 5.92 Å². The Kier molecular flexibility index (Phi) is 2.31. The number of nitrogens with zero attached hydrogens (tertiary/aromatic N) is 1. The summed E-state index contributed by atoms with van der Waals surface area (Å²) in [6, 6.07) is 0.373. The van der Waals surface area contributed by atoms with Crippen molar-refractivity contribution in [2.24, 2.45) is 22.7 Å². The molecule has 2 nitrogen and oxygen atoms in total. The Morgan fingerprint density at radius 3 is 2.62 bits per heavy atom. The third-order valence-electron chi connectivity index (χ3n) is 3.56. The van der Waals surface area contributed by atoms with E-state index >= 15 is 0 Å². The van der Waals surface area contributed by atoms with Gasteiger partial charge in [0.25, 0.3) is 0 Å². The summed E-state index contributed by atoms with van der Waals surface area (Å²) in [6.45, 7) is 1.71. The monoisotopic (exact) mass is 195 g/mol. The van der Waals surface area contributed by atoms with Gasteiger partial charge in [-0.2, -0.15) is 0 Å². The fourth-order valence-electron chi connectivity index (χ4n) is 2.97. The maximum absolute atomic E-state index is 11.2. The van der Waals surface area contributed by atoms with Crippen molar-refractivity contribution in [2.45, 2.75) is 32.2 Å². The standard InChI is InChI=1S/C10H13NOS/c1-6(12)9-3-8-2-7(9)4-10(8)11-5-13/h7-10H,2-4H2,1H3. The molecule has 0 saturated heterocycles. The van der Waals surface area contributed by atoms with Gasteiger partial charge in [0.15, 0.2) is 0 Å². The lowest BCUT2D eigenvalue weighted by Crippen LogP contribution is -2.24. The average Bonchev–Trinajstić information content (AvgIpc) is 2.62. The first-order valence-electron chi connectivity index (χ1n) is 4.79. The number of isothiocyanates is 1. The van der Waals surface area contributed by atoms with Crippen molar-refractivity contribution in [3.05, 3.63) is 0 Å². The van der Waals surface area contributed by atoms with E-state index in [9.17, 15) is 4.79 Å². The summed E-state index contributed by atoms with van der Waals surface area (Å²) in [7, 11) is 0. The van der Waals surface area contributed by atoms with Crippen molar-refractivity contribution in [1.29, 1.82) is 0 Å². The van der Waals surface area contributed by atoms with E-state index < -0.39 is 0 Å². The molecular formula is C10H13NOS. The van der Waals surface area contributed by atoms with Gasteiger partial charge in [-0.05, 0) is 50.2 Å². The van der Waals surface area contributed by atoms with Gasteiger partial charge in [-0.25, -0.2) is 4.99 Å². The van der Waals surface area contributed by atoms with Gasteiger partial charge in [-0.3, -0.25) is 4.79 Å². The molecule has 70 valence electrons. The number of fused-ring (bicyclic) bond motifs is 2. The van der Waals surface area contributed by atoms with Crippen molar-refractivity contribution in [2.75, 3.05) is 0 Å². The van der Waals surface area contributed by atoms with Crippen LogP contribution in [0.5, 0.6) is 0 Å². The summed E-state index contributed by atoms with van der Waals surface area (Å²) in [4.78, 5) is 15.4. The minimum atomic E-state index is 0.321. The van der Waals surface area contributed by atoms with Crippen LogP contribution in [0.2, 0.25) is 0 Å². The van der Waals surface area contributed by atoms with Crippen LogP contribution in [-0.4, -0.2) is 17.0 Å². The van der Waals surface area contributed by atoms with Crippen molar-refractivity contribution < 1.29 is 4.79 Å². The molecule has 0 N–H and O–H groups in total. The maximum Gasteiger partial charge on any atom is 0.133 e. The van der Waals surface area contributed by atoms with Gasteiger partial charge in [-0.15, -0.1) is 0 Å². The van der Waals surface area contributed by atoms with E-state index in [1.165, 1.54) is 6.42 Å². The van der Waals surface area contributed by atoms with E-state index in [0.717, 1.165) is 12.8 Å². The number of aliphatic imine (C=N–C) groups is 1. The Labute approximate surface area is 83.4 Å². The largest absolute Gasteiger partial charge is 0.300 e. The lowest BCUT2D eigenvalue weighted by Gasteiger charge is -2.22. The van der Waals surface area contributed by atoms with Crippen LogP contribution in [0.4, 0.5) is 0 Å². The van der Waals surface area contributed by atoms with Crippen molar-refractivity contribution in [3.63, 3.8) is 0 Å². The Bertz CT molecular complexity index is 269. The van der Waals surface area contributed by atoms with Crippen LogP contribution in [0.3, 0.4) is 0 Å². The molecule has 4 atom stereocenters. The highest BCUT2D eigenvalue weighted by Gasteiger charge is 2.47. The summed E-state index contributed by atoms with van der Waals surface area (Å²) in [5.74, 6) is 1.87. The number of Topliss-reactive ketones (excluding diaryl/α,β-unsaturated/α-hetero) is 1. The zero-order valence-corrected chi connectivity index (χ0v) is 8.51. The quantitative estimate of drug-likeness (QED) is 0.499. The summed E-state index contributed by atoms with van der Waals surface area (Å²) >= 11 is 4.60. The van der Waals surface area contributed by atoms with Crippen LogP contribution < -0.4 is 0 Å². The smallest absolute Gasteiger partial charge is 0.133 e. The molecule has 13 heavy (non-hydrogen) atoms. The number of hydrogen-bond acceptors (Lipinski definition) is 3. The third kappa shape index (κ3) is 1.47. The molecule has 0 aromatic rings. The van der Waals surface area contributed by atoms with Gasteiger partial charge in [0.2, 0.25) is 0 Å². The van der Waals surface area contributed by atoms with Crippen molar-refractivity contribution in [1.82, 2.24) is 0 Å². The van der Waals surface area contributed by atoms with Crippen LogP contribution in [0, 0.1) is 17.8 Å². The summed E-state index contributed by atoms with van der Waals surface area (Å²) in [5.41, 5.74) is 0. The second kappa shape index (κ2) is 3.32. The normalized spacial score (nSPS) is 41.6. The van der Waals surface area contributed by atoms with Gasteiger partial charge in [-0.1, -0.05) is 0 Å². The molecule has 4 unspecified atom stereocenters. The fraction of sp³-hybridized carbons (Fsp3) is 0.800. The van der Waals surface area contributed by atoms with E-state index in [4.69, 9.17) is 0 Å². The first-order valence-corrected chi connectivity index (χ1v) is 5.20. The topological polar surface area (TPSA) is 29.4 Å². The number of carbonyl (C=O) groups is 1. The van der Waals surface area contributed by atoms with E-state index in [1.807, 2.05) is 0 Å². The van der Waals surface area contributed by atoms with Gasteiger partial charge < -0.3 is 0 Å². The van der Waals surface area contributed by atoms with E-state index in [0.29, 0.717) is 29.6 Å². The Morgan fingerprint density at radius 1 is 1.38 bits per heavy atom. The van der Waals surface area contributed by atoms with Gasteiger partial charge >= 0.3 is 0 Å². The molecule has 2 rings (SSSR count). The van der Waals surface area contributed by atoms with Crippen LogP contribution in [0.25, 0.3) is 0 Å². The SMILES string of the molecule is CC(=O)C1CC2CC1CC2N=C=S. The van der Waals surface area contributed by atoms with E-state index in [1.54, 1.807) is 6.92 Å². The summed E-state index contributed by atoms with van der Waals surface area (Å²) < 4.78 is 0. The Balaban J connectivity index is 2.06. The molecule has 2 saturated carbocycles. The van der Waals surface area contributed by atoms with Crippen LogP contribution in [0.1, 0.15) is 26.2 Å². The molecular weight excluding hydrogens is 182 g/mol. The van der Waals surface area contributed by atoms with E-state index in [-0.39, 0.29) is 0 Å².